The molecule has 0 spiro atoms. The summed E-state index contributed by atoms with van der Waals surface area (Å²) >= 11 is 0. The molecule has 0 aromatic heterocycles. The van der Waals surface area contributed by atoms with Crippen molar-refractivity contribution in [2.45, 2.75) is 58.6 Å². The second kappa shape index (κ2) is 8.43. The van der Waals surface area contributed by atoms with Crippen molar-refractivity contribution >= 4 is 0 Å². The normalized spacial score (nSPS) is 14.9. The highest BCUT2D eigenvalue weighted by atomic mass is 16.5. The molecule has 0 amide bonds. The van der Waals surface area contributed by atoms with E-state index >= 15 is 0 Å². The molecule has 1 aromatic rings. The van der Waals surface area contributed by atoms with Gasteiger partial charge in [0.05, 0.1) is 6.61 Å². The average molecular weight is 275 g/mol. The van der Waals surface area contributed by atoms with Crippen LogP contribution in [0, 0.1) is 5.92 Å². The Morgan fingerprint density at radius 1 is 1.20 bits per heavy atom. The van der Waals surface area contributed by atoms with Gasteiger partial charge in [0.1, 0.15) is 0 Å². The SMILES string of the molecule is CC(C)CCCOCc1ccccc1CCNC1CC1. The molecule has 0 aliphatic heterocycles. The van der Waals surface area contributed by atoms with Gasteiger partial charge in [-0.15, -0.1) is 0 Å². The highest BCUT2D eigenvalue weighted by Crippen LogP contribution is 2.19. The van der Waals surface area contributed by atoms with Crippen LogP contribution in [0.25, 0.3) is 0 Å². The molecule has 0 radical (unpaired) electrons. The van der Waals surface area contributed by atoms with Crippen LogP contribution < -0.4 is 5.32 Å². The summed E-state index contributed by atoms with van der Waals surface area (Å²) in [5, 5.41) is 3.58. The highest BCUT2D eigenvalue weighted by Gasteiger charge is 2.19. The molecule has 0 atom stereocenters. The lowest BCUT2D eigenvalue weighted by atomic mass is 10.1. The van der Waals surface area contributed by atoms with Gasteiger partial charge in [0, 0.05) is 12.6 Å². The summed E-state index contributed by atoms with van der Waals surface area (Å²) in [6, 6.07) is 9.49. The lowest BCUT2D eigenvalue weighted by molar-refractivity contribution is 0.114. The Morgan fingerprint density at radius 2 is 1.95 bits per heavy atom. The smallest absolute Gasteiger partial charge is 0.0719 e. The fourth-order valence-electron chi connectivity index (χ4n) is 2.42. The zero-order chi connectivity index (χ0) is 14.2. The molecule has 2 nitrogen and oxygen atoms in total. The average Bonchev–Trinajstić information content (AvgIpc) is 3.24. The molecule has 0 unspecified atom stereocenters. The van der Waals surface area contributed by atoms with E-state index in [1.165, 1.54) is 36.8 Å². The van der Waals surface area contributed by atoms with Crippen molar-refractivity contribution < 1.29 is 4.74 Å². The van der Waals surface area contributed by atoms with Crippen LogP contribution in [0.5, 0.6) is 0 Å². The lowest BCUT2D eigenvalue weighted by Crippen LogP contribution is -2.19. The summed E-state index contributed by atoms with van der Waals surface area (Å²) in [6.45, 7) is 7.27. The maximum absolute atomic E-state index is 5.83. The van der Waals surface area contributed by atoms with Crippen molar-refractivity contribution in [1.29, 1.82) is 0 Å². The standard InChI is InChI=1S/C18H29NO/c1-15(2)6-5-13-20-14-17-8-4-3-7-16(17)11-12-19-18-9-10-18/h3-4,7-8,15,18-19H,5-6,9-14H2,1-2H3. The number of rotatable bonds is 10. The Bertz CT molecular complexity index is 385. The van der Waals surface area contributed by atoms with Crippen LogP contribution in [0.3, 0.4) is 0 Å². The van der Waals surface area contributed by atoms with E-state index < -0.39 is 0 Å². The van der Waals surface area contributed by atoms with Crippen LogP contribution in [0.2, 0.25) is 0 Å². The minimum atomic E-state index is 0.762. The van der Waals surface area contributed by atoms with Gasteiger partial charge in [0.2, 0.25) is 0 Å². The molecule has 0 heterocycles. The van der Waals surface area contributed by atoms with E-state index in [4.69, 9.17) is 4.74 Å². The summed E-state index contributed by atoms with van der Waals surface area (Å²) < 4.78 is 5.83. The van der Waals surface area contributed by atoms with Gasteiger partial charge < -0.3 is 10.1 Å². The topological polar surface area (TPSA) is 21.3 Å². The molecule has 1 aliphatic rings. The largest absolute Gasteiger partial charge is 0.377 e. The van der Waals surface area contributed by atoms with Gasteiger partial charge in [-0.25, -0.2) is 0 Å². The molecule has 1 aromatic carbocycles. The predicted octanol–water partition coefficient (Wildman–Crippen LogP) is 3.93. The third kappa shape index (κ3) is 6.06. The van der Waals surface area contributed by atoms with Crippen molar-refractivity contribution in [3.8, 4) is 0 Å². The molecular formula is C18H29NO. The zero-order valence-corrected chi connectivity index (χ0v) is 13.0. The maximum Gasteiger partial charge on any atom is 0.0719 e. The summed E-state index contributed by atoms with van der Waals surface area (Å²) in [5.41, 5.74) is 2.79. The quantitative estimate of drug-likeness (QED) is 0.653. The van der Waals surface area contributed by atoms with Gasteiger partial charge in [-0.05, 0) is 55.7 Å². The predicted molar refractivity (Wildman–Crippen MR) is 84.9 cm³/mol. The molecule has 0 bridgehead atoms. The Hall–Kier alpha value is -0.860. The molecule has 112 valence electrons. The second-order valence-electron chi connectivity index (χ2n) is 6.34. The van der Waals surface area contributed by atoms with Crippen LogP contribution in [-0.2, 0) is 17.8 Å². The first-order valence-electron chi connectivity index (χ1n) is 8.13. The van der Waals surface area contributed by atoms with Crippen LogP contribution in [0.1, 0.15) is 50.7 Å². The summed E-state index contributed by atoms with van der Waals surface area (Å²) in [6.07, 6.45) is 6.26. The number of hydrogen-bond acceptors (Lipinski definition) is 2. The Kier molecular flexibility index (Phi) is 6.55. The number of hydrogen-bond donors (Lipinski definition) is 1. The monoisotopic (exact) mass is 275 g/mol. The summed E-state index contributed by atoms with van der Waals surface area (Å²) in [7, 11) is 0. The van der Waals surface area contributed by atoms with Gasteiger partial charge in [-0.2, -0.15) is 0 Å². The first kappa shape index (κ1) is 15.5. The van der Waals surface area contributed by atoms with Crippen molar-refractivity contribution in [2.24, 2.45) is 5.92 Å². The Labute approximate surface area is 123 Å². The minimum absolute atomic E-state index is 0.762. The molecule has 1 saturated carbocycles. The molecule has 1 N–H and O–H groups in total. The molecule has 2 heteroatoms. The Morgan fingerprint density at radius 3 is 2.65 bits per heavy atom. The fourth-order valence-corrected chi connectivity index (χ4v) is 2.42. The second-order valence-corrected chi connectivity index (χ2v) is 6.34. The number of benzene rings is 1. The van der Waals surface area contributed by atoms with E-state index in [1.54, 1.807) is 0 Å². The van der Waals surface area contributed by atoms with Crippen LogP contribution in [0.15, 0.2) is 24.3 Å². The van der Waals surface area contributed by atoms with Crippen molar-refractivity contribution in [1.82, 2.24) is 5.32 Å². The lowest BCUT2D eigenvalue weighted by Gasteiger charge is -2.11. The van der Waals surface area contributed by atoms with E-state index in [2.05, 4.69) is 43.4 Å². The van der Waals surface area contributed by atoms with Crippen LogP contribution in [-0.4, -0.2) is 19.2 Å². The summed E-state index contributed by atoms with van der Waals surface area (Å²) in [5.74, 6) is 0.777. The highest BCUT2D eigenvalue weighted by molar-refractivity contribution is 5.26. The van der Waals surface area contributed by atoms with Gasteiger partial charge in [-0.3, -0.25) is 0 Å². The third-order valence-corrected chi connectivity index (χ3v) is 3.85. The first-order valence-corrected chi connectivity index (χ1v) is 8.13. The summed E-state index contributed by atoms with van der Waals surface area (Å²) in [4.78, 5) is 0. The zero-order valence-electron chi connectivity index (χ0n) is 13.0. The van der Waals surface area contributed by atoms with E-state index in [9.17, 15) is 0 Å². The van der Waals surface area contributed by atoms with Crippen LogP contribution in [0.4, 0.5) is 0 Å². The minimum Gasteiger partial charge on any atom is -0.377 e. The number of nitrogens with one attached hydrogen (secondary N) is 1. The van der Waals surface area contributed by atoms with Crippen molar-refractivity contribution in [3.05, 3.63) is 35.4 Å². The first-order chi connectivity index (χ1) is 9.75. The van der Waals surface area contributed by atoms with E-state index in [1.807, 2.05) is 0 Å². The van der Waals surface area contributed by atoms with Crippen molar-refractivity contribution in [2.75, 3.05) is 13.2 Å². The van der Waals surface area contributed by atoms with E-state index in [0.717, 1.165) is 38.1 Å². The van der Waals surface area contributed by atoms with Gasteiger partial charge >= 0.3 is 0 Å². The molecule has 0 saturated heterocycles. The molecule has 2 rings (SSSR count). The third-order valence-electron chi connectivity index (χ3n) is 3.85. The fraction of sp³-hybridized carbons (Fsp3) is 0.667. The molecule has 1 aliphatic carbocycles. The van der Waals surface area contributed by atoms with Crippen molar-refractivity contribution in [3.63, 3.8) is 0 Å². The maximum atomic E-state index is 5.83. The number of ether oxygens (including phenoxy) is 1. The van der Waals surface area contributed by atoms with Gasteiger partial charge in [-0.1, -0.05) is 38.1 Å². The van der Waals surface area contributed by atoms with Gasteiger partial charge in [0.25, 0.3) is 0 Å². The Balaban J connectivity index is 1.69. The molecule has 20 heavy (non-hydrogen) atoms. The van der Waals surface area contributed by atoms with Gasteiger partial charge in [0.15, 0.2) is 0 Å². The molecular weight excluding hydrogens is 246 g/mol. The van der Waals surface area contributed by atoms with Crippen LogP contribution >= 0.6 is 0 Å². The van der Waals surface area contributed by atoms with E-state index in [0.29, 0.717) is 0 Å². The van der Waals surface area contributed by atoms with E-state index in [-0.39, 0.29) is 0 Å². The molecule has 1 fully saturated rings.